The second-order valence-electron chi connectivity index (χ2n) is 10.5. The first-order valence-corrected chi connectivity index (χ1v) is 15.2. The van der Waals surface area contributed by atoms with Gasteiger partial charge in [0.2, 0.25) is 0 Å². The molecule has 0 spiro atoms. The lowest BCUT2D eigenvalue weighted by Crippen LogP contribution is -1.89. The Hall–Kier alpha value is -4.50. The SMILES string of the molecule is c1ccc2cc(-c3c4ccccc4c(-c4cc5cc6c(cc5s4)sc4ccccc46)c4ccccc34)ccc2c1. The molecule has 9 aromatic rings. The number of rotatable bonds is 2. The molecule has 0 saturated carbocycles. The first-order valence-electron chi connectivity index (χ1n) is 13.6. The summed E-state index contributed by atoms with van der Waals surface area (Å²) in [5.74, 6) is 0. The maximum Gasteiger partial charge on any atom is 0.0369 e. The van der Waals surface area contributed by atoms with Crippen molar-refractivity contribution in [3.63, 3.8) is 0 Å². The summed E-state index contributed by atoms with van der Waals surface area (Å²) in [5.41, 5.74) is 3.92. The van der Waals surface area contributed by atoms with Crippen LogP contribution in [-0.4, -0.2) is 0 Å². The van der Waals surface area contributed by atoms with Gasteiger partial charge in [-0.2, -0.15) is 0 Å². The molecular weight excluding hydrogens is 521 g/mol. The summed E-state index contributed by atoms with van der Waals surface area (Å²) in [7, 11) is 0. The van der Waals surface area contributed by atoms with Crippen LogP contribution in [0.15, 0.2) is 133 Å². The zero-order valence-corrected chi connectivity index (χ0v) is 23.2. The second-order valence-corrected chi connectivity index (χ2v) is 12.7. The smallest absolute Gasteiger partial charge is 0.0369 e. The summed E-state index contributed by atoms with van der Waals surface area (Å²) in [6.45, 7) is 0. The summed E-state index contributed by atoms with van der Waals surface area (Å²) in [5, 5.41) is 11.8. The van der Waals surface area contributed by atoms with E-state index in [0.29, 0.717) is 0 Å². The van der Waals surface area contributed by atoms with Crippen molar-refractivity contribution >= 4 is 85.2 Å². The topological polar surface area (TPSA) is 0 Å². The first kappa shape index (κ1) is 22.3. The molecule has 2 heterocycles. The van der Waals surface area contributed by atoms with Crippen LogP contribution in [0.1, 0.15) is 0 Å². The molecule has 186 valence electrons. The van der Waals surface area contributed by atoms with Crippen LogP contribution in [0.2, 0.25) is 0 Å². The number of thiophene rings is 2. The number of benzene rings is 7. The summed E-state index contributed by atoms with van der Waals surface area (Å²) >= 11 is 3.81. The Kier molecular flexibility index (Phi) is 4.74. The molecule has 0 radical (unpaired) electrons. The minimum atomic E-state index is 1.26. The van der Waals surface area contributed by atoms with Crippen molar-refractivity contribution in [2.45, 2.75) is 0 Å². The highest BCUT2D eigenvalue weighted by Gasteiger charge is 2.18. The van der Waals surface area contributed by atoms with Crippen LogP contribution in [0.3, 0.4) is 0 Å². The normalized spacial score (nSPS) is 12.0. The molecule has 0 fully saturated rings. The van der Waals surface area contributed by atoms with Gasteiger partial charge in [0.25, 0.3) is 0 Å². The molecule has 0 unspecified atom stereocenters. The lowest BCUT2D eigenvalue weighted by Gasteiger charge is -2.17. The standard InChI is InChI=1S/C38H22S2/c1-2-10-24-19-25(18-17-23(24)9-1)37-28-12-3-5-14-30(28)38(31-15-6-4-13-29(31)37)36-21-26-20-32-27-11-7-8-16-33(27)39-35(32)22-34(26)40-36/h1-22H. The van der Waals surface area contributed by atoms with Crippen LogP contribution < -0.4 is 0 Å². The van der Waals surface area contributed by atoms with E-state index in [1.54, 1.807) is 0 Å². The van der Waals surface area contributed by atoms with Crippen LogP contribution in [-0.2, 0) is 0 Å². The quantitative estimate of drug-likeness (QED) is 0.191. The van der Waals surface area contributed by atoms with E-state index in [-0.39, 0.29) is 0 Å². The van der Waals surface area contributed by atoms with Gasteiger partial charge in [0.1, 0.15) is 0 Å². The van der Waals surface area contributed by atoms with Crippen molar-refractivity contribution in [1.29, 1.82) is 0 Å². The van der Waals surface area contributed by atoms with E-state index in [2.05, 4.69) is 133 Å². The van der Waals surface area contributed by atoms with Crippen LogP contribution in [0.5, 0.6) is 0 Å². The molecular formula is C38H22S2. The predicted molar refractivity (Wildman–Crippen MR) is 178 cm³/mol. The van der Waals surface area contributed by atoms with Gasteiger partial charge in [0.05, 0.1) is 0 Å². The van der Waals surface area contributed by atoms with Crippen molar-refractivity contribution in [3.05, 3.63) is 133 Å². The third-order valence-electron chi connectivity index (χ3n) is 8.23. The molecule has 0 aliphatic heterocycles. The van der Waals surface area contributed by atoms with Crippen LogP contribution in [0.25, 0.3) is 84.1 Å². The highest BCUT2D eigenvalue weighted by atomic mass is 32.1. The maximum atomic E-state index is 2.41. The minimum absolute atomic E-state index is 1.26. The summed E-state index contributed by atoms with van der Waals surface area (Å²) in [6.07, 6.45) is 0. The summed E-state index contributed by atoms with van der Waals surface area (Å²) in [6, 6.07) is 49.4. The van der Waals surface area contributed by atoms with Gasteiger partial charge in [-0.15, -0.1) is 22.7 Å². The number of fused-ring (bicyclic) bond motifs is 7. The lowest BCUT2D eigenvalue weighted by molar-refractivity contribution is 1.70. The van der Waals surface area contributed by atoms with Crippen molar-refractivity contribution in [2.75, 3.05) is 0 Å². The maximum absolute atomic E-state index is 2.41. The highest BCUT2D eigenvalue weighted by Crippen LogP contribution is 2.47. The molecule has 0 amide bonds. The Bertz CT molecular complexity index is 2380. The molecule has 0 atom stereocenters. The van der Waals surface area contributed by atoms with E-state index in [9.17, 15) is 0 Å². The molecule has 0 aliphatic rings. The van der Waals surface area contributed by atoms with Gasteiger partial charge < -0.3 is 0 Å². The van der Waals surface area contributed by atoms with Crippen LogP contribution >= 0.6 is 22.7 Å². The molecule has 0 saturated heterocycles. The highest BCUT2D eigenvalue weighted by molar-refractivity contribution is 7.26. The largest absolute Gasteiger partial charge is 0.135 e. The first-order chi connectivity index (χ1) is 19.8. The Balaban J connectivity index is 1.35. The van der Waals surface area contributed by atoms with Gasteiger partial charge in [0.15, 0.2) is 0 Å². The monoisotopic (exact) mass is 542 g/mol. The van der Waals surface area contributed by atoms with Crippen LogP contribution in [0, 0.1) is 0 Å². The predicted octanol–water partition coefficient (Wildman–Crippen LogP) is 12.1. The van der Waals surface area contributed by atoms with E-state index in [1.807, 2.05) is 22.7 Å². The Labute approximate surface area is 239 Å². The molecule has 7 aromatic carbocycles. The van der Waals surface area contributed by atoms with E-state index in [1.165, 1.54) is 84.1 Å². The van der Waals surface area contributed by atoms with Crippen LogP contribution in [0.4, 0.5) is 0 Å². The van der Waals surface area contributed by atoms with Gasteiger partial charge in [-0.05, 0) is 79.2 Å². The molecule has 2 heteroatoms. The van der Waals surface area contributed by atoms with Crippen molar-refractivity contribution in [2.24, 2.45) is 0 Å². The average molecular weight is 543 g/mol. The Morgan fingerprint density at radius 1 is 0.325 bits per heavy atom. The fourth-order valence-electron chi connectivity index (χ4n) is 6.43. The van der Waals surface area contributed by atoms with E-state index < -0.39 is 0 Å². The summed E-state index contributed by atoms with van der Waals surface area (Å²) < 4.78 is 4.07. The van der Waals surface area contributed by atoms with E-state index >= 15 is 0 Å². The molecule has 0 bridgehead atoms. The zero-order valence-electron chi connectivity index (χ0n) is 21.5. The van der Waals surface area contributed by atoms with E-state index in [4.69, 9.17) is 0 Å². The molecule has 0 nitrogen and oxygen atoms in total. The van der Waals surface area contributed by atoms with Gasteiger partial charge in [-0.3, -0.25) is 0 Å². The Morgan fingerprint density at radius 3 is 1.70 bits per heavy atom. The third kappa shape index (κ3) is 3.24. The zero-order chi connectivity index (χ0) is 26.2. The number of hydrogen-bond donors (Lipinski definition) is 0. The van der Waals surface area contributed by atoms with E-state index in [0.717, 1.165) is 0 Å². The third-order valence-corrected chi connectivity index (χ3v) is 10.5. The molecule has 0 N–H and O–H groups in total. The lowest BCUT2D eigenvalue weighted by atomic mass is 9.87. The fourth-order valence-corrected chi connectivity index (χ4v) is 8.79. The van der Waals surface area contributed by atoms with Crippen molar-refractivity contribution in [1.82, 2.24) is 0 Å². The van der Waals surface area contributed by atoms with Crippen molar-refractivity contribution < 1.29 is 0 Å². The van der Waals surface area contributed by atoms with Gasteiger partial charge in [-0.1, -0.05) is 103 Å². The van der Waals surface area contributed by atoms with Crippen molar-refractivity contribution in [3.8, 4) is 21.6 Å². The van der Waals surface area contributed by atoms with Gasteiger partial charge >= 0.3 is 0 Å². The Morgan fingerprint density at radius 2 is 0.950 bits per heavy atom. The van der Waals surface area contributed by atoms with Gasteiger partial charge in [0, 0.05) is 35.3 Å². The fraction of sp³-hybridized carbons (Fsp3) is 0. The number of hydrogen-bond acceptors (Lipinski definition) is 2. The average Bonchev–Trinajstić information content (AvgIpc) is 3.58. The molecule has 2 aromatic heterocycles. The molecule has 0 aliphatic carbocycles. The molecule has 40 heavy (non-hydrogen) atoms. The molecule has 9 rings (SSSR count). The minimum Gasteiger partial charge on any atom is -0.135 e. The second kappa shape index (κ2) is 8.50. The summed E-state index contributed by atoms with van der Waals surface area (Å²) in [4.78, 5) is 1.33. The van der Waals surface area contributed by atoms with Gasteiger partial charge in [-0.25, -0.2) is 0 Å².